The van der Waals surface area contributed by atoms with Crippen molar-refractivity contribution in [3.05, 3.63) is 36.1 Å². The van der Waals surface area contributed by atoms with E-state index < -0.39 is 31.1 Å². The Kier molecular flexibility index (Phi) is 4.92. The van der Waals surface area contributed by atoms with Gasteiger partial charge < -0.3 is 14.1 Å². The van der Waals surface area contributed by atoms with Gasteiger partial charge in [-0.1, -0.05) is 18.2 Å². The maximum absolute atomic E-state index is 12.7. The molecule has 0 radical (unpaired) electrons. The largest absolute Gasteiger partial charge is 0.465 e. The molecule has 124 valence electrons. The summed E-state index contributed by atoms with van der Waals surface area (Å²) in [5, 5.41) is 0.383. The Bertz CT molecular complexity index is 708. The summed E-state index contributed by atoms with van der Waals surface area (Å²) < 4.78 is 47.8. The van der Waals surface area contributed by atoms with Crippen LogP contribution in [0, 0.1) is 0 Å². The monoisotopic (exact) mass is 329 g/mol. The molecule has 0 saturated carbocycles. The predicted octanol–water partition coefficient (Wildman–Crippen LogP) is 3.00. The first-order valence-electron chi connectivity index (χ1n) is 6.79. The minimum absolute atomic E-state index is 0.0154. The zero-order valence-corrected chi connectivity index (χ0v) is 12.2. The molecule has 0 atom stereocenters. The van der Waals surface area contributed by atoms with E-state index in [1.807, 2.05) is 0 Å². The number of hydrogen-bond donors (Lipinski definition) is 0. The molecule has 1 heterocycles. The number of benzene rings is 1. The molecule has 2 rings (SSSR count). The van der Waals surface area contributed by atoms with Crippen molar-refractivity contribution >= 4 is 22.8 Å². The molecule has 8 heteroatoms. The molecule has 5 nitrogen and oxygen atoms in total. The minimum Gasteiger partial charge on any atom is -0.465 e. The number of furan rings is 1. The van der Waals surface area contributed by atoms with Crippen LogP contribution in [0.1, 0.15) is 17.3 Å². The lowest BCUT2D eigenvalue weighted by Gasteiger charge is -2.22. The van der Waals surface area contributed by atoms with E-state index in [1.54, 1.807) is 24.3 Å². The first-order valence-corrected chi connectivity index (χ1v) is 6.79. The molecule has 0 N–H and O–H groups in total. The Morgan fingerprint density at radius 2 is 1.96 bits per heavy atom. The van der Waals surface area contributed by atoms with Crippen molar-refractivity contribution in [3.8, 4) is 0 Å². The molecule has 1 aromatic carbocycles. The van der Waals surface area contributed by atoms with E-state index in [4.69, 9.17) is 4.42 Å². The number of amides is 1. The topological polar surface area (TPSA) is 59.8 Å². The fraction of sp³-hybridized carbons (Fsp3) is 0.333. The number of para-hydroxylation sites is 1. The zero-order valence-electron chi connectivity index (χ0n) is 12.2. The first-order chi connectivity index (χ1) is 10.8. The Balaban J connectivity index is 2.30. The maximum atomic E-state index is 12.7. The van der Waals surface area contributed by atoms with Crippen molar-refractivity contribution in [3.63, 3.8) is 0 Å². The van der Waals surface area contributed by atoms with Crippen LogP contribution in [0.3, 0.4) is 0 Å². The second kappa shape index (κ2) is 6.72. The Morgan fingerprint density at radius 1 is 1.26 bits per heavy atom. The lowest BCUT2D eigenvalue weighted by atomic mass is 10.1. The Hall–Kier alpha value is -2.51. The maximum Gasteiger partial charge on any atom is 0.406 e. The van der Waals surface area contributed by atoms with Crippen LogP contribution in [0.5, 0.6) is 0 Å². The van der Waals surface area contributed by atoms with Gasteiger partial charge in [-0.3, -0.25) is 9.59 Å². The van der Waals surface area contributed by atoms with Crippen LogP contribution >= 0.6 is 0 Å². The van der Waals surface area contributed by atoms with E-state index in [1.165, 1.54) is 6.92 Å². The van der Waals surface area contributed by atoms with Gasteiger partial charge in [0.25, 0.3) is 5.91 Å². The van der Waals surface area contributed by atoms with E-state index in [9.17, 15) is 22.8 Å². The highest BCUT2D eigenvalue weighted by atomic mass is 19.4. The number of fused-ring (bicyclic) bond motifs is 1. The van der Waals surface area contributed by atoms with Gasteiger partial charge in [0.2, 0.25) is 0 Å². The van der Waals surface area contributed by atoms with Crippen LogP contribution in [0.25, 0.3) is 11.0 Å². The fourth-order valence-corrected chi connectivity index (χ4v) is 2.09. The van der Waals surface area contributed by atoms with Crippen molar-refractivity contribution in [1.29, 1.82) is 0 Å². The average Bonchev–Trinajstić information content (AvgIpc) is 2.88. The number of carbonyl (C=O) groups excluding carboxylic acids is 2. The second-order valence-electron chi connectivity index (χ2n) is 4.73. The standard InChI is InChI=1S/C15H14F3NO4/c1-2-22-13(20)7-19(9-15(16,17)18)14(21)11-8-23-12-6-4-3-5-10(11)12/h3-6,8H,2,7,9H2,1H3. The van der Waals surface area contributed by atoms with Gasteiger partial charge in [0.05, 0.1) is 12.2 Å². The predicted molar refractivity (Wildman–Crippen MR) is 74.8 cm³/mol. The van der Waals surface area contributed by atoms with Gasteiger partial charge in [0.1, 0.15) is 24.9 Å². The quantitative estimate of drug-likeness (QED) is 0.791. The van der Waals surface area contributed by atoms with Gasteiger partial charge in [0, 0.05) is 5.39 Å². The highest BCUT2D eigenvalue weighted by Crippen LogP contribution is 2.24. The van der Waals surface area contributed by atoms with Gasteiger partial charge in [-0.15, -0.1) is 0 Å². The van der Waals surface area contributed by atoms with Gasteiger partial charge in [-0.25, -0.2) is 0 Å². The number of nitrogens with zero attached hydrogens (tertiary/aromatic N) is 1. The van der Waals surface area contributed by atoms with Gasteiger partial charge >= 0.3 is 12.1 Å². The van der Waals surface area contributed by atoms with Crippen molar-refractivity contribution in [2.24, 2.45) is 0 Å². The molecule has 0 unspecified atom stereocenters. The summed E-state index contributed by atoms with van der Waals surface area (Å²) in [4.78, 5) is 24.3. The van der Waals surface area contributed by atoms with Gasteiger partial charge in [-0.2, -0.15) is 13.2 Å². The number of ether oxygens (including phenoxy) is 1. The Labute approximate surface area is 129 Å². The molecule has 23 heavy (non-hydrogen) atoms. The summed E-state index contributed by atoms with van der Waals surface area (Å²) in [5.74, 6) is -1.85. The third kappa shape index (κ3) is 4.24. The van der Waals surface area contributed by atoms with Crippen LogP contribution < -0.4 is 0 Å². The molecule has 0 saturated heterocycles. The van der Waals surface area contributed by atoms with Crippen molar-refractivity contribution < 1.29 is 31.9 Å². The summed E-state index contributed by atoms with van der Waals surface area (Å²) >= 11 is 0. The van der Waals surface area contributed by atoms with Crippen molar-refractivity contribution in [2.75, 3.05) is 19.7 Å². The highest BCUT2D eigenvalue weighted by molar-refractivity contribution is 6.06. The molecular formula is C15H14F3NO4. The van der Waals surface area contributed by atoms with Crippen LogP contribution in [-0.4, -0.2) is 42.6 Å². The van der Waals surface area contributed by atoms with Crippen LogP contribution in [-0.2, 0) is 9.53 Å². The molecule has 1 amide bonds. The third-order valence-corrected chi connectivity index (χ3v) is 2.99. The van der Waals surface area contributed by atoms with Crippen molar-refractivity contribution in [1.82, 2.24) is 4.90 Å². The summed E-state index contributed by atoms with van der Waals surface area (Å²) in [6.45, 7) is -0.797. The SMILES string of the molecule is CCOC(=O)CN(CC(F)(F)F)C(=O)c1coc2ccccc12. The van der Waals surface area contributed by atoms with Crippen LogP contribution in [0.2, 0.25) is 0 Å². The summed E-state index contributed by atoms with van der Waals surface area (Å²) in [7, 11) is 0. The fourth-order valence-electron chi connectivity index (χ4n) is 2.09. The number of alkyl halides is 3. The molecule has 0 fully saturated rings. The van der Waals surface area contributed by atoms with Gasteiger partial charge in [0.15, 0.2) is 0 Å². The van der Waals surface area contributed by atoms with Crippen LogP contribution in [0.15, 0.2) is 34.9 Å². The van der Waals surface area contributed by atoms with E-state index in [0.717, 1.165) is 6.26 Å². The van der Waals surface area contributed by atoms with E-state index in [-0.39, 0.29) is 12.2 Å². The van der Waals surface area contributed by atoms with E-state index >= 15 is 0 Å². The molecule has 0 aliphatic rings. The minimum atomic E-state index is -4.64. The lowest BCUT2D eigenvalue weighted by Crippen LogP contribution is -2.42. The Morgan fingerprint density at radius 3 is 2.61 bits per heavy atom. The second-order valence-corrected chi connectivity index (χ2v) is 4.73. The molecule has 0 bridgehead atoms. The molecule has 2 aromatic rings. The highest BCUT2D eigenvalue weighted by Gasteiger charge is 2.35. The molecular weight excluding hydrogens is 315 g/mol. The zero-order chi connectivity index (χ0) is 17.0. The number of esters is 1. The molecule has 0 aliphatic carbocycles. The number of rotatable bonds is 5. The number of hydrogen-bond acceptors (Lipinski definition) is 4. The van der Waals surface area contributed by atoms with Crippen molar-refractivity contribution in [2.45, 2.75) is 13.1 Å². The lowest BCUT2D eigenvalue weighted by molar-refractivity contribution is -0.153. The molecule has 0 spiro atoms. The smallest absolute Gasteiger partial charge is 0.406 e. The first kappa shape index (κ1) is 16.9. The van der Waals surface area contributed by atoms with Crippen LogP contribution in [0.4, 0.5) is 13.2 Å². The summed E-state index contributed by atoms with van der Waals surface area (Å²) in [6.07, 6.45) is -3.55. The van der Waals surface area contributed by atoms with E-state index in [0.29, 0.717) is 15.9 Å². The summed E-state index contributed by atoms with van der Waals surface area (Å²) in [6, 6.07) is 6.45. The normalized spacial score (nSPS) is 11.5. The number of carbonyl (C=O) groups is 2. The average molecular weight is 329 g/mol. The van der Waals surface area contributed by atoms with Gasteiger partial charge in [-0.05, 0) is 13.0 Å². The molecule has 0 aliphatic heterocycles. The third-order valence-electron chi connectivity index (χ3n) is 2.99. The van der Waals surface area contributed by atoms with E-state index in [2.05, 4.69) is 4.74 Å². The molecule has 1 aromatic heterocycles. The number of halogens is 3. The summed E-state index contributed by atoms with van der Waals surface area (Å²) in [5.41, 5.74) is 0.341.